The molecule has 0 atom stereocenters. The molecular weight excluding hydrogens is 282 g/mol. The number of methoxy groups -OCH3 is 1. The Morgan fingerprint density at radius 1 is 1.00 bits per heavy atom. The summed E-state index contributed by atoms with van der Waals surface area (Å²) in [6.45, 7) is 0. The molecule has 0 aromatic heterocycles. The summed E-state index contributed by atoms with van der Waals surface area (Å²) in [6, 6.07) is 7.40. The molecule has 0 spiro atoms. The molecule has 0 aliphatic heterocycles. The largest absolute Gasteiger partial charge is 0.497 e. The summed E-state index contributed by atoms with van der Waals surface area (Å²) in [7, 11) is 3.39. The number of benzene rings is 1. The predicted molar refractivity (Wildman–Crippen MR) is 86.4 cm³/mol. The van der Waals surface area contributed by atoms with Gasteiger partial charge in [0.05, 0.1) is 7.11 Å². The van der Waals surface area contributed by atoms with Gasteiger partial charge < -0.3 is 14.7 Å². The van der Waals surface area contributed by atoms with Gasteiger partial charge in [-0.2, -0.15) is 0 Å². The van der Waals surface area contributed by atoms with Crippen molar-refractivity contribution in [3.63, 3.8) is 0 Å². The normalized spacial score (nSPS) is 10.3. The standard InChI is InChI=1S/C17H25NO4/c1-18(14-10-12-15(22-2)13-11-14)16(19)8-6-4-3-5-7-9-17(20)21/h10-13H,3-9H2,1-2H3,(H,20,21). The zero-order chi connectivity index (χ0) is 16.4. The summed E-state index contributed by atoms with van der Waals surface area (Å²) >= 11 is 0. The molecule has 1 amide bonds. The van der Waals surface area contributed by atoms with E-state index in [0.717, 1.165) is 43.5 Å². The van der Waals surface area contributed by atoms with Crippen LogP contribution in [0.15, 0.2) is 24.3 Å². The number of carboxylic acid groups (broad SMARTS) is 1. The number of anilines is 1. The molecule has 1 rings (SSSR count). The summed E-state index contributed by atoms with van der Waals surface area (Å²) in [5.74, 6) is 0.123. The Bertz CT molecular complexity index is 470. The van der Waals surface area contributed by atoms with Crippen LogP contribution in [-0.2, 0) is 9.59 Å². The highest BCUT2D eigenvalue weighted by Gasteiger charge is 2.10. The number of unbranched alkanes of at least 4 members (excludes halogenated alkanes) is 4. The lowest BCUT2D eigenvalue weighted by atomic mass is 10.1. The predicted octanol–water partition coefficient (Wildman–Crippen LogP) is 3.47. The molecule has 122 valence electrons. The minimum absolute atomic E-state index is 0.0932. The van der Waals surface area contributed by atoms with Crippen molar-refractivity contribution in [2.45, 2.75) is 44.9 Å². The number of nitrogens with zero attached hydrogens (tertiary/aromatic N) is 1. The van der Waals surface area contributed by atoms with Gasteiger partial charge in [-0.1, -0.05) is 19.3 Å². The summed E-state index contributed by atoms with van der Waals surface area (Å²) in [6.07, 6.45) is 5.16. The van der Waals surface area contributed by atoms with E-state index in [-0.39, 0.29) is 12.3 Å². The second-order valence-corrected chi connectivity index (χ2v) is 5.31. The minimum atomic E-state index is -0.740. The number of carbonyl (C=O) groups excluding carboxylic acids is 1. The fourth-order valence-corrected chi connectivity index (χ4v) is 2.20. The molecule has 1 aromatic rings. The van der Waals surface area contributed by atoms with E-state index < -0.39 is 5.97 Å². The molecule has 0 heterocycles. The van der Waals surface area contributed by atoms with E-state index >= 15 is 0 Å². The number of amides is 1. The lowest BCUT2D eigenvalue weighted by molar-refractivity contribution is -0.137. The van der Waals surface area contributed by atoms with Gasteiger partial charge in [0.2, 0.25) is 5.91 Å². The van der Waals surface area contributed by atoms with Gasteiger partial charge in [-0.05, 0) is 37.1 Å². The first-order valence-electron chi connectivity index (χ1n) is 7.67. The second-order valence-electron chi connectivity index (χ2n) is 5.31. The van der Waals surface area contributed by atoms with Gasteiger partial charge in [0.1, 0.15) is 5.75 Å². The molecule has 1 N–H and O–H groups in total. The van der Waals surface area contributed by atoms with Crippen LogP contribution in [-0.4, -0.2) is 31.1 Å². The quantitative estimate of drug-likeness (QED) is 0.672. The Balaban J connectivity index is 2.22. The van der Waals surface area contributed by atoms with Crippen LogP contribution in [0.4, 0.5) is 5.69 Å². The molecule has 0 aliphatic carbocycles. The van der Waals surface area contributed by atoms with E-state index in [1.165, 1.54) is 0 Å². The number of aliphatic carboxylic acids is 1. The average Bonchev–Trinajstić information content (AvgIpc) is 2.52. The Hall–Kier alpha value is -2.04. The summed E-state index contributed by atoms with van der Waals surface area (Å²) in [5.41, 5.74) is 0.854. The maximum Gasteiger partial charge on any atom is 0.303 e. The summed E-state index contributed by atoms with van der Waals surface area (Å²) < 4.78 is 5.10. The van der Waals surface area contributed by atoms with E-state index in [0.29, 0.717) is 6.42 Å². The van der Waals surface area contributed by atoms with Gasteiger partial charge in [0.15, 0.2) is 0 Å². The fourth-order valence-electron chi connectivity index (χ4n) is 2.20. The van der Waals surface area contributed by atoms with E-state index in [1.54, 1.807) is 19.1 Å². The van der Waals surface area contributed by atoms with Crippen LogP contribution in [0.5, 0.6) is 5.75 Å². The lowest BCUT2D eigenvalue weighted by Crippen LogP contribution is -2.25. The first-order valence-corrected chi connectivity index (χ1v) is 7.67. The highest BCUT2D eigenvalue weighted by molar-refractivity contribution is 5.92. The number of rotatable bonds is 10. The highest BCUT2D eigenvalue weighted by atomic mass is 16.5. The van der Waals surface area contributed by atoms with Crippen molar-refractivity contribution in [1.29, 1.82) is 0 Å². The maximum absolute atomic E-state index is 12.1. The van der Waals surface area contributed by atoms with Crippen LogP contribution in [0.1, 0.15) is 44.9 Å². The van der Waals surface area contributed by atoms with E-state index in [2.05, 4.69) is 0 Å². The van der Waals surface area contributed by atoms with Crippen molar-refractivity contribution < 1.29 is 19.4 Å². The Morgan fingerprint density at radius 2 is 1.55 bits per heavy atom. The Kier molecular flexibility index (Phi) is 8.04. The zero-order valence-electron chi connectivity index (χ0n) is 13.4. The smallest absolute Gasteiger partial charge is 0.303 e. The third kappa shape index (κ3) is 6.61. The molecule has 0 radical (unpaired) electrons. The van der Waals surface area contributed by atoms with Gasteiger partial charge in [-0.15, -0.1) is 0 Å². The monoisotopic (exact) mass is 307 g/mol. The summed E-state index contributed by atoms with van der Waals surface area (Å²) in [4.78, 5) is 24.1. The zero-order valence-corrected chi connectivity index (χ0v) is 13.4. The van der Waals surface area contributed by atoms with E-state index in [9.17, 15) is 9.59 Å². The maximum atomic E-state index is 12.1. The van der Waals surface area contributed by atoms with Gasteiger partial charge in [0.25, 0.3) is 0 Å². The van der Waals surface area contributed by atoms with Crippen LogP contribution < -0.4 is 9.64 Å². The van der Waals surface area contributed by atoms with Crippen molar-refractivity contribution >= 4 is 17.6 Å². The molecule has 0 saturated carbocycles. The van der Waals surface area contributed by atoms with Crippen molar-refractivity contribution in [3.05, 3.63) is 24.3 Å². The van der Waals surface area contributed by atoms with Crippen LogP contribution in [0, 0.1) is 0 Å². The Morgan fingerprint density at radius 3 is 2.09 bits per heavy atom. The van der Waals surface area contributed by atoms with Gasteiger partial charge in [-0.25, -0.2) is 0 Å². The number of carbonyl (C=O) groups is 2. The van der Waals surface area contributed by atoms with Crippen LogP contribution >= 0.6 is 0 Å². The molecule has 22 heavy (non-hydrogen) atoms. The SMILES string of the molecule is COc1ccc(N(C)C(=O)CCCCCCCC(=O)O)cc1. The van der Waals surface area contributed by atoms with Crippen molar-refractivity contribution in [2.24, 2.45) is 0 Å². The van der Waals surface area contributed by atoms with Crippen molar-refractivity contribution in [3.8, 4) is 5.75 Å². The molecule has 5 heteroatoms. The molecule has 1 aromatic carbocycles. The molecule has 5 nitrogen and oxygen atoms in total. The molecule has 0 unspecified atom stereocenters. The van der Waals surface area contributed by atoms with Crippen molar-refractivity contribution in [1.82, 2.24) is 0 Å². The van der Waals surface area contributed by atoms with Crippen LogP contribution in [0.25, 0.3) is 0 Å². The molecule has 0 fully saturated rings. The lowest BCUT2D eigenvalue weighted by Gasteiger charge is -2.17. The van der Waals surface area contributed by atoms with Crippen LogP contribution in [0.2, 0.25) is 0 Å². The number of carboxylic acids is 1. The third-order valence-electron chi connectivity index (χ3n) is 3.62. The molecule has 0 bridgehead atoms. The van der Waals surface area contributed by atoms with Crippen LogP contribution in [0.3, 0.4) is 0 Å². The topological polar surface area (TPSA) is 66.8 Å². The van der Waals surface area contributed by atoms with Gasteiger partial charge in [-0.3, -0.25) is 9.59 Å². The highest BCUT2D eigenvalue weighted by Crippen LogP contribution is 2.19. The molecule has 0 aliphatic rings. The fraction of sp³-hybridized carbons (Fsp3) is 0.529. The summed E-state index contributed by atoms with van der Waals surface area (Å²) in [5, 5.41) is 8.53. The van der Waals surface area contributed by atoms with Gasteiger partial charge in [0, 0.05) is 25.6 Å². The first kappa shape index (κ1) is 18.0. The molecule has 0 saturated heterocycles. The number of hydrogen-bond acceptors (Lipinski definition) is 3. The Labute approximate surface area is 131 Å². The number of hydrogen-bond donors (Lipinski definition) is 1. The molecular formula is C17H25NO4. The van der Waals surface area contributed by atoms with Gasteiger partial charge >= 0.3 is 5.97 Å². The first-order chi connectivity index (χ1) is 10.5. The van der Waals surface area contributed by atoms with Crippen molar-refractivity contribution in [2.75, 3.05) is 19.1 Å². The second kappa shape index (κ2) is 9.82. The van der Waals surface area contributed by atoms with E-state index in [4.69, 9.17) is 9.84 Å². The third-order valence-corrected chi connectivity index (χ3v) is 3.62. The number of ether oxygens (including phenoxy) is 1. The average molecular weight is 307 g/mol. The van der Waals surface area contributed by atoms with E-state index in [1.807, 2.05) is 24.3 Å². The minimum Gasteiger partial charge on any atom is -0.497 e.